The predicted octanol–water partition coefficient (Wildman–Crippen LogP) is 3.15. The van der Waals surface area contributed by atoms with Crippen LogP contribution in [0.15, 0.2) is 47.5 Å². The Morgan fingerprint density at radius 3 is 2.92 bits per heavy atom. The minimum Gasteiger partial charge on any atom is -0.491 e. The summed E-state index contributed by atoms with van der Waals surface area (Å²) in [5.41, 5.74) is 0. The number of benzene rings is 2. The van der Waals surface area contributed by atoms with Crippen LogP contribution in [0.5, 0.6) is 5.75 Å². The zero-order chi connectivity index (χ0) is 18.2. The zero-order valence-corrected chi connectivity index (χ0v) is 15.8. The molecular formula is C21H29N3O2. The van der Waals surface area contributed by atoms with E-state index >= 15 is 0 Å². The summed E-state index contributed by atoms with van der Waals surface area (Å²) in [6.45, 7) is 6.83. The van der Waals surface area contributed by atoms with Crippen LogP contribution in [0.3, 0.4) is 0 Å². The standard InChI is InChI=1S/C21H29N3O2/c1-3-22-21(24(2)15-17-11-13-25-16-17)23-12-14-26-20-10-6-8-18-7-4-5-9-19(18)20/h4-10,17H,3,11-16H2,1-2H3,(H,22,23). The molecule has 2 aromatic rings. The second kappa shape index (κ2) is 9.43. The Balaban J connectivity index is 1.55. The van der Waals surface area contributed by atoms with E-state index in [2.05, 4.69) is 42.4 Å². The molecule has 1 heterocycles. The molecule has 1 unspecified atom stereocenters. The van der Waals surface area contributed by atoms with Gasteiger partial charge in [0.2, 0.25) is 0 Å². The fraction of sp³-hybridized carbons (Fsp3) is 0.476. The van der Waals surface area contributed by atoms with E-state index in [4.69, 9.17) is 14.5 Å². The van der Waals surface area contributed by atoms with E-state index < -0.39 is 0 Å². The minimum absolute atomic E-state index is 0.559. The molecule has 0 amide bonds. The molecule has 0 spiro atoms. The van der Waals surface area contributed by atoms with Gasteiger partial charge in [-0.2, -0.15) is 0 Å². The van der Waals surface area contributed by atoms with E-state index in [-0.39, 0.29) is 0 Å². The summed E-state index contributed by atoms with van der Waals surface area (Å²) in [7, 11) is 2.09. The Bertz CT molecular complexity index is 721. The van der Waals surface area contributed by atoms with E-state index in [0.29, 0.717) is 19.1 Å². The van der Waals surface area contributed by atoms with Crippen molar-refractivity contribution in [1.29, 1.82) is 0 Å². The molecule has 0 aromatic heterocycles. The molecule has 0 aliphatic carbocycles. The van der Waals surface area contributed by atoms with Gasteiger partial charge in [0.25, 0.3) is 0 Å². The highest BCUT2D eigenvalue weighted by Gasteiger charge is 2.18. The molecule has 1 atom stereocenters. The average Bonchev–Trinajstić information content (AvgIpc) is 3.17. The van der Waals surface area contributed by atoms with E-state index in [1.54, 1.807) is 0 Å². The Labute approximate surface area is 156 Å². The number of ether oxygens (including phenoxy) is 2. The number of rotatable bonds is 7. The number of nitrogens with one attached hydrogen (secondary N) is 1. The fourth-order valence-corrected chi connectivity index (χ4v) is 3.30. The summed E-state index contributed by atoms with van der Waals surface area (Å²) in [6, 6.07) is 14.4. The van der Waals surface area contributed by atoms with Crippen LogP contribution in [0.2, 0.25) is 0 Å². The lowest BCUT2D eigenvalue weighted by molar-refractivity contribution is 0.181. The van der Waals surface area contributed by atoms with Crippen LogP contribution < -0.4 is 10.1 Å². The van der Waals surface area contributed by atoms with Gasteiger partial charge in [0.15, 0.2) is 5.96 Å². The minimum atomic E-state index is 0.559. The first-order valence-corrected chi connectivity index (χ1v) is 9.45. The van der Waals surface area contributed by atoms with Gasteiger partial charge < -0.3 is 19.7 Å². The second-order valence-corrected chi connectivity index (χ2v) is 6.67. The van der Waals surface area contributed by atoms with E-state index in [1.165, 1.54) is 5.39 Å². The molecule has 5 heteroatoms. The maximum atomic E-state index is 5.99. The number of aliphatic imine (C=N–C) groups is 1. The smallest absolute Gasteiger partial charge is 0.193 e. The van der Waals surface area contributed by atoms with Crippen molar-refractivity contribution in [3.63, 3.8) is 0 Å². The quantitative estimate of drug-likeness (QED) is 0.471. The molecule has 1 saturated heterocycles. The molecule has 140 valence electrons. The molecule has 1 aliphatic rings. The molecule has 3 rings (SSSR count). The summed E-state index contributed by atoms with van der Waals surface area (Å²) < 4.78 is 11.5. The van der Waals surface area contributed by atoms with Gasteiger partial charge in [-0.15, -0.1) is 0 Å². The molecule has 26 heavy (non-hydrogen) atoms. The number of hydrogen-bond acceptors (Lipinski definition) is 3. The zero-order valence-electron chi connectivity index (χ0n) is 15.8. The molecule has 1 fully saturated rings. The number of guanidine groups is 1. The third-order valence-electron chi connectivity index (χ3n) is 4.61. The molecule has 2 aromatic carbocycles. The average molecular weight is 355 g/mol. The van der Waals surface area contributed by atoms with Crippen LogP contribution in [0.1, 0.15) is 13.3 Å². The van der Waals surface area contributed by atoms with Gasteiger partial charge in [-0.1, -0.05) is 36.4 Å². The van der Waals surface area contributed by atoms with Crippen LogP contribution in [0, 0.1) is 5.92 Å². The summed E-state index contributed by atoms with van der Waals surface area (Å²) in [5, 5.41) is 5.70. The van der Waals surface area contributed by atoms with Crippen molar-refractivity contribution >= 4 is 16.7 Å². The highest BCUT2D eigenvalue weighted by atomic mass is 16.5. The summed E-state index contributed by atoms with van der Waals surface area (Å²) in [5.74, 6) is 2.44. The SMILES string of the molecule is CCNC(=NCCOc1cccc2ccccc12)N(C)CC1CCOC1. The van der Waals surface area contributed by atoms with Gasteiger partial charge >= 0.3 is 0 Å². The van der Waals surface area contributed by atoms with Crippen LogP contribution in [-0.4, -0.2) is 57.4 Å². The number of hydrogen-bond donors (Lipinski definition) is 1. The molecule has 0 bridgehead atoms. The van der Waals surface area contributed by atoms with Gasteiger partial charge in [0.1, 0.15) is 12.4 Å². The molecule has 1 aliphatic heterocycles. The summed E-state index contributed by atoms with van der Waals surface area (Å²) >= 11 is 0. The Morgan fingerprint density at radius 2 is 2.12 bits per heavy atom. The van der Waals surface area contributed by atoms with Gasteiger partial charge in [-0.3, -0.25) is 0 Å². The van der Waals surface area contributed by atoms with Crippen molar-refractivity contribution in [1.82, 2.24) is 10.2 Å². The maximum Gasteiger partial charge on any atom is 0.193 e. The van der Waals surface area contributed by atoms with Gasteiger partial charge in [-0.25, -0.2) is 4.99 Å². The van der Waals surface area contributed by atoms with Crippen LogP contribution in [0.4, 0.5) is 0 Å². The molecule has 0 radical (unpaired) electrons. The van der Waals surface area contributed by atoms with Crippen molar-refractivity contribution in [3.8, 4) is 5.75 Å². The normalized spacial score (nSPS) is 17.5. The number of fused-ring (bicyclic) bond motifs is 1. The van der Waals surface area contributed by atoms with Gasteiger partial charge in [-0.05, 0) is 24.8 Å². The third kappa shape index (κ3) is 4.88. The monoisotopic (exact) mass is 355 g/mol. The van der Waals surface area contributed by atoms with Crippen LogP contribution in [0.25, 0.3) is 10.8 Å². The predicted molar refractivity (Wildman–Crippen MR) is 107 cm³/mol. The van der Waals surface area contributed by atoms with E-state index in [0.717, 1.165) is 49.8 Å². The lowest BCUT2D eigenvalue weighted by atomic mass is 10.1. The summed E-state index contributed by atoms with van der Waals surface area (Å²) in [6.07, 6.45) is 1.13. The molecule has 5 nitrogen and oxygen atoms in total. The highest BCUT2D eigenvalue weighted by Crippen LogP contribution is 2.24. The lowest BCUT2D eigenvalue weighted by Gasteiger charge is -2.24. The van der Waals surface area contributed by atoms with Crippen molar-refractivity contribution in [2.75, 3.05) is 46.5 Å². The highest BCUT2D eigenvalue weighted by molar-refractivity contribution is 5.88. The third-order valence-corrected chi connectivity index (χ3v) is 4.61. The van der Waals surface area contributed by atoms with Crippen molar-refractivity contribution in [2.24, 2.45) is 10.9 Å². The Hall–Kier alpha value is -2.27. The summed E-state index contributed by atoms with van der Waals surface area (Å²) in [4.78, 5) is 6.91. The maximum absolute atomic E-state index is 5.99. The Kier molecular flexibility index (Phi) is 6.72. The van der Waals surface area contributed by atoms with Crippen molar-refractivity contribution in [2.45, 2.75) is 13.3 Å². The molecule has 1 N–H and O–H groups in total. The van der Waals surface area contributed by atoms with Crippen LogP contribution >= 0.6 is 0 Å². The topological polar surface area (TPSA) is 46.1 Å². The van der Waals surface area contributed by atoms with Crippen LogP contribution in [-0.2, 0) is 4.74 Å². The van der Waals surface area contributed by atoms with Crippen molar-refractivity contribution in [3.05, 3.63) is 42.5 Å². The molecule has 0 saturated carbocycles. The first kappa shape index (κ1) is 18.5. The largest absolute Gasteiger partial charge is 0.491 e. The lowest BCUT2D eigenvalue weighted by Crippen LogP contribution is -2.41. The van der Waals surface area contributed by atoms with Crippen molar-refractivity contribution < 1.29 is 9.47 Å². The fourth-order valence-electron chi connectivity index (χ4n) is 3.30. The van der Waals surface area contributed by atoms with E-state index in [9.17, 15) is 0 Å². The first-order valence-electron chi connectivity index (χ1n) is 9.45. The van der Waals surface area contributed by atoms with E-state index in [1.807, 2.05) is 24.3 Å². The van der Waals surface area contributed by atoms with Gasteiger partial charge in [0.05, 0.1) is 13.2 Å². The Morgan fingerprint density at radius 1 is 1.27 bits per heavy atom. The number of nitrogens with zero attached hydrogens (tertiary/aromatic N) is 2. The second-order valence-electron chi connectivity index (χ2n) is 6.67. The first-order chi connectivity index (χ1) is 12.8. The molecular weight excluding hydrogens is 326 g/mol. The van der Waals surface area contributed by atoms with Gasteiger partial charge in [0, 0.05) is 38.0 Å².